The lowest BCUT2D eigenvalue weighted by atomic mass is 10.3. The summed E-state index contributed by atoms with van der Waals surface area (Å²) in [5.74, 6) is -0.960. The van der Waals surface area contributed by atoms with Crippen molar-refractivity contribution < 1.29 is 14.3 Å². The van der Waals surface area contributed by atoms with E-state index in [1.807, 2.05) is 0 Å². The standard InChI is InChI=1S/C10H9Cl2NO3/c1-5(14)10(15)13-6-3-4-7(16-2)9(12)8(6)11/h3-4H,1-2H3,(H,13,15). The average Bonchev–Trinajstić information content (AvgIpc) is 2.25. The highest BCUT2D eigenvalue weighted by Gasteiger charge is 2.14. The Balaban J connectivity index is 3.04. The lowest BCUT2D eigenvalue weighted by molar-refractivity contribution is -0.133. The largest absolute Gasteiger partial charge is 0.495 e. The number of carbonyl (C=O) groups excluding carboxylic acids is 2. The molecule has 0 radical (unpaired) electrons. The van der Waals surface area contributed by atoms with E-state index in [4.69, 9.17) is 27.9 Å². The van der Waals surface area contributed by atoms with Crippen LogP contribution in [-0.4, -0.2) is 18.8 Å². The molecule has 86 valence electrons. The van der Waals surface area contributed by atoms with Gasteiger partial charge >= 0.3 is 0 Å². The van der Waals surface area contributed by atoms with Crippen LogP contribution in [0.3, 0.4) is 0 Å². The van der Waals surface area contributed by atoms with Gasteiger partial charge in [0.25, 0.3) is 5.91 Å². The lowest BCUT2D eigenvalue weighted by Crippen LogP contribution is -2.19. The molecule has 1 rings (SSSR count). The van der Waals surface area contributed by atoms with Crippen molar-refractivity contribution in [3.8, 4) is 5.75 Å². The number of methoxy groups -OCH3 is 1. The quantitative estimate of drug-likeness (QED) is 0.851. The van der Waals surface area contributed by atoms with Crippen LogP contribution in [0.4, 0.5) is 5.69 Å². The molecule has 4 nitrogen and oxygen atoms in total. The number of nitrogens with one attached hydrogen (secondary N) is 1. The monoisotopic (exact) mass is 261 g/mol. The second-order valence-corrected chi connectivity index (χ2v) is 3.71. The topological polar surface area (TPSA) is 55.4 Å². The van der Waals surface area contributed by atoms with Gasteiger partial charge in [-0.1, -0.05) is 23.2 Å². The van der Waals surface area contributed by atoms with Crippen molar-refractivity contribution in [1.82, 2.24) is 0 Å². The van der Waals surface area contributed by atoms with Crippen LogP contribution in [0.15, 0.2) is 12.1 Å². The van der Waals surface area contributed by atoms with Crippen LogP contribution in [0.5, 0.6) is 5.75 Å². The summed E-state index contributed by atoms with van der Waals surface area (Å²) in [6, 6.07) is 3.05. The molecule has 0 heterocycles. The van der Waals surface area contributed by atoms with E-state index in [0.717, 1.165) is 6.92 Å². The Morgan fingerprint density at radius 2 is 1.88 bits per heavy atom. The van der Waals surface area contributed by atoms with Crippen LogP contribution in [-0.2, 0) is 9.59 Å². The molecule has 0 unspecified atom stereocenters. The molecule has 1 amide bonds. The van der Waals surface area contributed by atoms with Crippen LogP contribution >= 0.6 is 23.2 Å². The summed E-state index contributed by atoms with van der Waals surface area (Å²) >= 11 is 11.8. The first kappa shape index (κ1) is 12.8. The van der Waals surface area contributed by atoms with Crippen LogP contribution in [0.2, 0.25) is 10.0 Å². The Bertz CT molecular complexity index is 446. The van der Waals surface area contributed by atoms with Crippen molar-refractivity contribution in [2.45, 2.75) is 6.92 Å². The molecule has 0 aliphatic heterocycles. The molecule has 0 aliphatic rings. The number of Topliss-reactive ketones (excluding diaryl/α,β-unsaturated/α-hetero) is 1. The van der Waals surface area contributed by atoms with Crippen LogP contribution in [0, 0.1) is 0 Å². The Hall–Kier alpha value is -1.26. The highest BCUT2D eigenvalue weighted by Crippen LogP contribution is 2.37. The molecule has 0 atom stereocenters. The zero-order valence-corrected chi connectivity index (χ0v) is 10.1. The van der Waals surface area contributed by atoms with E-state index in [1.165, 1.54) is 13.2 Å². The zero-order valence-electron chi connectivity index (χ0n) is 8.64. The third-order valence-corrected chi connectivity index (χ3v) is 2.70. The van der Waals surface area contributed by atoms with E-state index in [9.17, 15) is 9.59 Å². The van der Waals surface area contributed by atoms with E-state index in [1.54, 1.807) is 6.07 Å². The zero-order chi connectivity index (χ0) is 12.3. The van der Waals surface area contributed by atoms with Crippen molar-refractivity contribution in [2.24, 2.45) is 0 Å². The van der Waals surface area contributed by atoms with Crippen molar-refractivity contribution >= 4 is 40.6 Å². The van der Waals surface area contributed by atoms with Crippen LogP contribution < -0.4 is 10.1 Å². The Morgan fingerprint density at radius 1 is 1.25 bits per heavy atom. The smallest absolute Gasteiger partial charge is 0.291 e. The molecular formula is C10H9Cl2NO3. The molecule has 16 heavy (non-hydrogen) atoms. The van der Waals surface area contributed by atoms with Gasteiger partial charge in [0.05, 0.1) is 17.8 Å². The molecule has 0 saturated heterocycles. The van der Waals surface area contributed by atoms with Gasteiger partial charge in [-0.05, 0) is 12.1 Å². The summed E-state index contributed by atoms with van der Waals surface area (Å²) in [5, 5.41) is 2.66. The van der Waals surface area contributed by atoms with Gasteiger partial charge in [-0.3, -0.25) is 9.59 Å². The molecule has 6 heteroatoms. The van der Waals surface area contributed by atoms with Gasteiger partial charge in [0.2, 0.25) is 5.78 Å². The van der Waals surface area contributed by atoms with E-state index in [2.05, 4.69) is 5.32 Å². The minimum Gasteiger partial charge on any atom is -0.495 e. The maximum atomic E-state index is 11.1. The molecular weight excluding hydrogens is 253 g/mol. The maximum Gasteiger partial charge on any atom is 0.291 e. The van der Waals surface area contributed by atoms with Gasteiger partial charge in [0, 0.05) is 6.92 Å². The second-order valence-electron chi connectivity index (χ2n) is 2.95. The number of halogens is 2. The van der Waals surface area contributed by atoms with Crippen molar-refractivity contribution in [3.63, 3.8) is 0 Å². The second kappa shape index (κ2) is 5.18. The molecule has 1 N–H and O–H groups in total. The number of hydrogen-bond acceptors (Lipinski definition) is 3. The third-order valence-electron chi connectivity index (χ3n) is 1.83. The van der Waals surface area contributed by atoms with Gasteiger partial charge in [-0.2, -0.15) is 0 Å². The first-order chi connectivity index (χ1) is 7.47. The molecule has 0 aromatic heterocycles. The number of hydrogen-bond donors (Lipinski definition) is 1. The fourth-order valence-electron chi connectivity index (χ4n) is 0.996. The molecule has 1 aromatic carbocycles. The molecule has 0 saturated carbocycles. The summed E-state index contributed by atoms with van der Waals surface area (Å²) in [5.41, 5.74) is 0.271. The lowest BCUT2D eigenvalue weighted by Gasteiger charge is -2.09. The number of carbonyl (C=O) groups is 2. The van der Waals surface area contributed by atoms with Crippen molar-refractivity contribution in [1.29, 1.82) is 0 Å². The van der Waals surface area contributed by atoms with Crippen LogP contribution in [0.1, 0.15) is 6.92 Å². The average molecular weight is 262 g/mol. The molecule has 0 bridgehead atoms. The van der Waals surface area contributed by atoms with E-state index < -0.39 is 11.7 Å². The normalized spacial score (nSPS) is 9.75. The number of benzene rings is 1. The Labute approximate surface area is 102 Å². The van der Waals surface area contributed by atoms with Gasteiger partial charge in [0.15, 0.2) is 0 Å². The maximum absolute atomic E-state index is 11.1. The SMILES string of the molecule is COc1ccc(NC(=O)C(C)=O)c(Cl)c1Cl. The van der Waals surface area contributed by atoms with Crippen molar-refractivity contribution in [2.75, 3.05) is 12.4 Å². The van der Waals surface area contributed by atoms with E-state index in [-0.39, 0.29) is 15.7 Å². The van der Waals surface area contributed by atoms with Crippen LogP contribution in [0.25, 0.3) is 0 Å². The third kappa shape index (κ3) is 2.65. The number of ether oxygens (including phenoxy) is 1. The summed E-state index contributed by atoms with van der Waals surface area (Å²) in [4.78, 5) is 21.9. The summed E-state index contributed by atoms with van der Waals surface area (Å²) in [6.07, 6.45) is 0. The number of anilines is 1. The highest BCUT2D eigenvalue weighted by molar-refractivity contribution is 6.46. The van der Waals surface area contributed by atoms with Crippen molar-refractivity contribution in [3.05, 3.63) is 22.2 Å². The van der Waals surface area contributed by atoms with E-state index in [0.29, 0.717) is 5.75 Å². The minimum absolute atomic E-state index is 0.135. The summed E-state index contributed by atoms with van der Waals surface area (Å²) in [6.45, 7) is 1.16. The fourth-order valence-corrected chi connectivity index (χ4v) is 1.44. The number of amides is 1. The van der Waals surface area contributed by atoms with Gasteiger partial charge in [0.1, 0.15) is 10.8 Å². The summed E-state index contributed by atoms with van der Waals surface area (Å²) in [7, 11) is 1.45. The number of ketones is 1. The molecule has 0 aliphatic carbocycles. The first-order valence-electron chi connectivity index (χ1n) is 4.31. The summed E-state index contributed by atoms with van der Waals surface area (Å²) < 4.78 is 4.94. The predicted octanol–water partition coefficient (Wildman–Crippen LogP) is 2.53. The van der Waals surface area contributed by atoms with Gasteiger partial charge < -0.3 is 10.1 Å². The molecule has 0 fully saturated rings. The van der Waals surface area contributed by atoms with Gasteiger partial charge in [-0.25, -0.2) is 0 Å². The number of rotatable bonds is 3. The molecule has 0 spiro atoms. The predicted molar refractivity (Wildman–Crippen MR) is 62.3 cm³/mol. The Kier molecular flexibility index (Phi) is 4.15. The van der Waals surface area contributed by atoms with Gasteiger partial charge in [-0.15, -0.1) is 0 Å². The minimum atomic E-state index is -0.747. The first-order valence-corrected chi connectivity index (χ1v) is 5.07. The Morgan fingerprint density at radius 3 is 2.38 bits per heavy atom. The molecule has 1 aromatic rings. The van der Waals surface area contributed by atoms with E-state index >= 15 is 0 Å². The fraction of sp³-hybridized carbons (Fsp3) is 0.200. The highest BCUT2D eigenvalue weighted by atomic mass is 35.5.